The second-order valence-corrected chi connectivity index (χ2v) is 12.3. The fourth-order valence-electron chi connectivity index (χ4n) is 5.83. The van der Waals surface area contributed by atoms with Gasteiger partial charge in [0.2, 0.25) is 0 Å². The van der Waals surface area contributed by atoms with Crippen molar-refractivity contribution >= 4 is 57.2 Å². The van der Waals surface area contributed by atoms with Crippen LogP contribution in [0.25, 0.3) is 38.7 Å². The molecule has 6 aromatic rings. The molecule has 7 rings (SSSR count). The zero-order valence-corrected chi connectivity index (χ0v) is 24.5. The third-order valence-corrected chi connectivity index (χ3v) is 9.48. The van der Waals surface area contributed by atoms with Crippen LogP contribution >= 0.6 is 23.1 Å². The van der Waals surface area contributed by atoms with Gasteiger partial charge in [-0.15, -0.1) is 11.3 Å². The third kappa shape index (κ3) is 4.11. The monoisotopic (exact) mass is 577 g/mol. The summed E-state index contributed by atoms with van der Waals surface area (Å²) in [7, 11) is 0. The van der Waals surface area contributed by atoms with E-state index in [2.05, 4.69) is 97.6 Å². The minimum atomic E-state index is -0.209. The predicted molar refractivity (Wildman–Crippen MR) is 172 cm³/mol. The molecule has 0 fully saturated rings. The fraction of sp³-hybridized carbons (Fsp3) is 0.0857. The normalized spacial score (nSPS) is 13.1. The van der Waals surface area contributed by atoms with Crippen molar-refractivity contribution in [3.8, 4) is 33.7 Å². The van der Waals surface area contributed by atoms with E-state index >= 15 is 0 Å². The molecule has 0 saturated heterocycles. The molecule has 200 valence electrons. The summed E-state index contributed by atoms with van der Waals surface area (Å²) in [5, 5.41) is 18.3. The number of benzene rings is 4. The van der Waals surface area contributed by atoms with E-state index in [4.69, 9.17) is 19.3 Å². The summed E-state index contributed by atoms with van der Waals surface area (Å²) in [6.07, 6.45) is 1.62. The van der Waals surface area contributed by atoms with Gasteiger partial charge in [0, 0.05) is 32.0 Å². The minimum Gasteiger partial charge on any atom is -0.310 e. The van der Waals surface area contributed by atoms with Crippen LogP contribution in [-0.4, -0.2) is 8.75 Å². The summed E-state index contributed by atoms with van der Waals surface area (Å²) >= 11 is 2.74. The maximum atomic E-state index is 9.14. The standard InChI is InChI=1S/C35H23N5S2/c1-35(2)28-10-6-7-11-30(28)40(24-8-4-3-5-9-24)31-16-12-23(19-29(31)35)26-14-15-27(34-33(26)38-42-39-34)32-17-13-25(41-32)18-22(20-36)21-37/h3-19H,1-2H3. The van der Waals surface area contributed by atoms with E-state index in [1.807, 2.05) is 30.3 Å². The molecule has 0 amide bonds. The van der Waals surface area contributed by atoms with Gasteiger partial charge in [-0.3, -0.25) is 0 Å². The van der Waals surface area contributed by atoms with E-state index in [1.54, 1.807) is 6.08 Å². The highest BCUT2D eigenvalue weighted by molar-refractivity contribution is 7.16. The number of anilines is 3. The zero-order valence-electron chi connectivity index (χ0n) is 22.9. The molecule has 0 N–H and O–H groups in total. The lowest BCUT2D eigenvalue weighted by molar-refractivity contribution is 0.632. The number of thiophene rings is 1. The molecule has 0 spiro atoms. The highest BCUT2D eigenvalue weighted by atomic mass is 32.1. The van der Waals surface area contributed by atoms with E-state index in [0.29, 0.717) is 0 Å². The quantitative estimate of drug-likeness (QED) is 0.195. The van der Waals surface area contributed by atoms with E-state index in [-0.39, 0.29) is 11.0 Å². The van der Waals surface area contributed by atoms with Gasteiger partial charge >= 0.3 is 0 Å². The summed E-state index contributed by atoms with van der Waals surface area (Å²) in [6, 6.07) is 37.9. The van der Waals surface area contributed by atoms with E-state index < -0.39 is 0 Å². The van der Waals surface area contributed by atoms with Crippen LogP contribution in [0.5, 0.6) is 0 Å². The average Bonchev–Trinajstić information content (AvgIpc) is 3.71. The Hall–Kier alpha value is -5.08. The molecular weight excluding hydrogens is 555 g/mol. The van der Waals surface area contributed by atoms with Crippen molar-refractivity contribution in [3.63, 3.8) is 0 Å². The van der Waals surface area contributed by atoms with Crippen molar-refractivity contribution in [2.45, 2.75) is 19.3 Å². The number of para-hydroxylation sites is 2. The largest absolute Gasteiger partial charge is 0.310 e. The third-order valence-electron chi connectivity index (χ3n) is 7.89. The van der Waals surface area contributed by atoms with Gasteiger partial charge in [0.05, 0.1) is 23.1 Å². The van der Waals surface area contributed by atoms with Crippen molar-refractivity contribution in [2.24, 2.45) is 0 Å². The smallest absolute Gasteiger partial charge is 0.131 e. The number of allylic oxidation sites excluding steroid dienone is 1. The van der Waals surface area contributed by atoms with Crippen molar-refractivity contribution < 1.29 is 0 Å². The van der Waals surface area contributed by atoms with Gasteiger partial charge in [-0.05, 0) is 65.2 Å². The van der Waals surface area contributed by atoms with Crippen molar-refractivity contribution in [1.82, 2.24) is 8.75 Å². The molecule has 42 heavy (non-hydrogen) atoms. The van der Waals surface area contributed by atoms with Crippen molar-refractivity contribution in [1.29, 1.82) is 10.5 Å². The molecule has 0 bridgehead atoms. The number of hydrogen-bond donors (Lipinski definition) is 0. The Bertz CT molecular complexity index is 2090. The average molecular weight is 578 g/mol. The predicted octanol–water partition coefficient (Wildman–Crippen LogP) is 9.63. The highest BCUT2D eigenvalue weighted by Crippen LogP contribution is 2.52. The van der Waals surface area contributed by atoms with Crippen LogP contribution in [0.1, 0.15) is 29.9 Å². The zero-order chi connectivity index (χ0) is 28.8. The first kappa shape index (κ1) is 25.9. The molecule has 5 nitrogen and oxygen atoms in total. The van der Waals surface area contributed by atoms with Crippen LogP contribution in [0.3, 0.4) is 0 Å². The molecule has 1 aliphatic heterocycles. The SMILES string of the molecule is CC1(C)c2ccccc2N(c2ccccc2)c2ccc(-c3ccc(-c4ccc(C=C(C#N)C#N)s4)c4nsnc34)cc21. The maximum absolute atomic E-state index is 9.14. The van der Waals surface area contributed by atoms with Gasteiger partial charge in [-0.25, -0.2) is 0 Å². The van der Waals surface area contributed by atoms with E-state index in [9.17, 15) is 0 Å². The Morgan fingerprint density at radius 1 is 0.762 bits per heavy atom. The lowest BCUT2D eigenvalue weighted by atomic mass is 9.73. The molecule has 0 atom stereocenters. The highest BCUT2D eigenvalue weighted by Gasteiger charge is 2.37. The number of nitrogens with zero attached hydrogens (tertiary/aromatic N) is 5. The molecule has 0 saturated carbocycles. The fourth-order valence-corrected chi connectivity index (χ4v) is 7.38. The number of fused-ring (bicyclic) bond motifs is 3. The molecule has 0 unspecified atom stereocenters. The molecule has 4 aromatic carbocycles. The Morgan fingerprint density at radius 2 is 1.45 bits per heavy atom. The Labute approximate surface area is 252 Å². The van der Waals surface area contributed by atoms with Gasteiger partial charge in [0.1, 0.15) is 28.7 Å². The summed E-state index contributed by atoms with van der Waals surface area (Å²) in [5.74, 6) is 0. The first-order valence-electron chi connectivity index (χ1n) is 13.5. The second-order valence-electron chi connectivity index (χ2n) is 10.7. The number of nitriles is 2. The van der Waals surface area contributed by atoms with Crippen LogP contribution in [-0.2, 0) is 5.41 Å². The summed E-state index contributed by atoms with van der Waals surface area (Å²) in [6.45, 7) is 4.60. The maximum Gasteiger partial charge on any atom is 0.131 e. The molecule has 1 aliphatic rings. The first-order valence-corrected chi connectivity index (χ1v) is 15.0. The van der Waals surface area contributed by atoms with Gasteiger partial charge in [0.25, 0.3) is 0 Å². The summed E-state index contributed by atoms with van der Waals surface area (Å²) in [5.41, 5.74) is 10.8. The van der Waals surface area contributed by atoms with Gasteiger partial charge in [-0.2, -0.15) is 19.3 Å². The van der Waals surface area contributed by atoms with Crippen molar-refractivity contribution in [2.75, 3.05) is 4.90 Å². The van der Waals surface area contributed by atoms with Crippen LogP contribution in [0.2, 0.25) is 0 Å². The molecule has 7 heteroatoms. The van der Waals surface area contributed by atoms with Crippen LogP contribution in [0, 0.1) is 22.7 Å². The lowest BCUT2D eigenvalue weighted by Gasteiger charge is -2.42. The summed E-state index contributed by atoms with van der Waals surface area (Å²) < 4.78 is 9.43. The molecule has 2 aromatic heterocycles. The second kappa shape index (κ2) is 10.1. The summed E-state index contributed by atoms with van der Waals surface area (Å²) in [4.78, 5) is 4.22. The Balaban J connectivity index is 1.36. The minimum absolute atomic E-state index is 0.0861. The first-order chi connectivity index (χ1) is 20.5. The Morgan fingerprint density at radius 3 is 2.24 bits per heavy atom. The number of rotatable bonds is 4. The van der Waals surface area contributed by atoms with Crippen LogP contribution in [0.15, 0.2) is 103 Å². The molecule has 0 radical (unpaired) electrons. The van der Waals surface area contributed by atoms with Crippen molar-refractivity contribution in [3.05, 3.63) is 119 Å². The van der Waals surface area contributed by atoms with Gasteiger partial charge in [0.15, 0.2) is 0 Å². The number of hydrogen-bond acceptors (Lipinski definition) is 7. The number of aromatic nitrogens is 2. The van der Waals surface area contributed by atoms with E-state index in [1.165, 1.54) is 45.6 Å². The van der Waals surface area contributed by atoms with Crippen LogP contribution < -0.4 is 4.90 Å². The van der Waals surface area contributed by atoms with Gasteiger partial charge < -0.3 is 4.90 Å². The molecule has 0 aliphatic carbocycles. The lowest BCUT2D eigenvalue weighted by Crippen LogP contribution is -2.30. The van der Waals surface area contributed by atoms with Crippen LogP contribution in [0.4, 0.5) is 17.1 Å². The Kier molecular flexibility index (Phi) is 6.21. The molecular formula is C35H23N5S2. The van der Waals surface area contributed by atoms with E-state index in [0.717, 1.165) is 43.2 Å². The molecule has 3 heterocycles. The van der Waals surface area contributed by atoms with Gasteiger partial charge in [-0.1, -0.05) is 68.4 Å². The topological polar surface area (TPSA) is 76.6 Å².